The Balaban J connectivity index is 1.55. The zero-order valence-electron chi connectivity index (χ0n) is 12.9. The second-order valence-electron chi connectivity index (χ2n) is 5.39. The van der Waals surface area contributed by atoms with Gasteiger partial charge < -0.3 is 9.64 Å². The number of anilines is 1. The molecule has 0 N–H and O–H groups in total. The van der Waals surface area contributed by atoms with Gasteiger partial charge in [-0.1, -0.05) is 24.3 Å². The number of rotatable bonds is 5. The highest BCUT2D eigenvalue weighted by Crippen LogP contribution is 2.29. The molecule has 0 fully saturated rings. The Morgan fingerprint density at radius 3 is 2.91 bits per heavy atom. The molecular formula is C18H18BrNO2S. The van der Waals surface area contributed by atoms with Crippen molar-refractivity contribution in [3.8, 4) is 5.75 Å². The summed E-state index contributed by atoms with van der Waals surface area (Å²) < 4.78 is 6.17. The van der Waals surface area contributed by atoms with Gasteiger partial charge in [0.25, 0.3) is 0 Å². The van der Waals surface area contributed by atoms with E-state index in [9.17, 15) is 4.79 Å². The first kappa shape index (κ1) is 16.4. The summed E-state index contributed by atoms with van der Waals surface area (Å²) >= 11 is 5.14. The van der Waals surface area contributed by atoms with Crippen molar-refractivity contribution < 1.29 is 9.53 Å². The Bertz CT molecular complexity index is 720. The van der Waals surface area contributed by atoms with Crippen LogP contribution >= 0.6 is 27.7 Å². The molecular weight excluding hydrogens is 374 g/mol. The number of benzene rings is 2. The van der Waals surface area contributed by atoms with Crippen LogP contribution in [-0.4, -0.2) is 25.3 Å². The molecule has 3 nitrogen and oxygen atoms in total. The molecule has 1 heterocycles. The van der Waals surface area contributed by atoms with Crippen molar-refractivity contribution in [3.05, 3.63) is 58.1 Å². The topological polar surface area (TPSA) is 29.5 Å². The molecule has 0 aromatic heterocycles. The lowest BCUT2D eigenvalue weighted by Crippen LogP contribution is -2.30. The average Bonchev–Trinajstić information content (AvgIpc) is 2.99. The minimum Gasteiger partial charge on any atom is -0.496 e. The third-order valence-corrected chi connectivity index (χ3v) is 5.51. The van der Waals surface area contributed by atoms with Crippen LogP contribution in [0, 0.1) is 0 Å². The van der Waals surface area contributed by atoms with E-state index in [0.29, 0.717) is 5.75 Å². The first-order valence-electron chi connectivity index (χ1n) is 7.47. The number of carbonyl (C=O) groups is 1. The lowest BCUT2D eigenvalue weighted by molar-refractivity contribution is -0.116. The number of methoxy groups -OCH3 is 1. The van der Waals surface area contributed by atoms with Crippen LogP contribution in [0.15, 0.2) is 46.9 Å². The first-order valence-corrected chi connectivity index (χ1v) is 9.42. The highest BCUT2D eigenvalue weighted by atomic mass is 79.9. The third kappa shape index (κ3) is 3.72. The van der Waals surface area contributed by atoms with Crippen molar-refractivity contribution >= 4 is 39.3 Å². The number of hydrogen-bond donors (Lipinski definition) is 0. The van der Waals surface area contributed by atoms with Gasteiger partial charge in [0.05, 0.1) is 17.3 Å². The first-order chi connectivity index (χ1) is 11.2. The molecule has 0 aliphatic carbocycles. The largest absolute Gasteiger partial charge is 0.496 e. The van der Waals surface area contributed by atoms with E-state index < -0.39 is 0 Å². The number of carbonyl (C=O) groups excluding carboxylic acids is 1. The van der Waals surface area contributed by atoms with E-state index in [-0.39, 0.29) is 5.91 Å². The van der Waals surface area contributed by atoms with Gasteiger partial charge in [-0.15, -0.1) is 11.8 Å². The molecule has 0 radical (unpaired) electrons. The fraction of sp³-hybridized carbons (Fsp3) is 0.278. The Morgan fingerprint density at radius 2 is 2.13 bits per heavy atom. The Labute approximate surface area is 149 Å². The van der Waals surface area contributed by atoms with Crippen molar-refractivity contribution in [3.63, 3.8) is 0 Å². The van der Waals surface area contributed by atoms with Crippen LogP contribution in [0.25, 0.3) is 0 Å². The maximum absolute atomic E-state index is 12.4. The van der Waals surface area contributed by atoms with Crippen LogP contribution in [0.5, 0.6) is 5.75 Å². The maximum atomic E-state index is 12.4. The van der Waals surface area contributed by atoms with Crippen LogP contribution in [0.3, 0.4) is 0 Å². The molecule has 2 aromatic rings. The van der Waals surface area contributed by atoms with Gasteiger partial charge in [0, 0.05) is 18.0 Å². The molecule has 0 saturated heterocycles. The monoisotopic (exact) mass is 391 g/mol. The Hall–Kier alpha value is -1.46. The van der Waals surface area contributed by atoms with Gasteiger partial charge in [0.2, 0.25) is 5.91 Å². The van der Waals surface area contributed by atoms with Crippen molar-refractivity contribution in [2.45, 2.75) is 12.2 Å². The molecule has 0 atom stereocenters. The van der Waals surface area contributed by atoms with E-state index in [1.807, 2.05) is 41.3 Å². The summed E-state index contributed by atoms with van der Waals surface area (Å²) in [6, 6.07) is 14.2. The van der Waals surface area contributed by atoms with Gasteiger partial charge >= 0.3 is 0 Å². The summed E-state index contributed by atoms with van der Waals surface area (Å²) in [7, 11) is 1.65. The number of fused-ring (bicyclic) bond motifs is 1. The van der Waals surface area contributed by atoms with Crippen LogP contribution in [0.2, 0.25) is 0 Å². The molecule has 0 bridgehead atoms. The summed E-state index contributed by atoms with van der Waals surface area (Å²) in [4.78, 5) is 14.4. The number of hydrogen-bond acceptors (Lipinski definition) is 3. The van der Waals surface area contributed by atoms with Crippen molar-refractivity contribution in [2.24, 2.45) is 0 Å². The number of halogens is 1. The van der Waals surface area contributed by atoms with Gasteiger partial charge in [-0.05, 0) is 51.7 Å². The van der Waals surface area contributed by atoms with Gasteiger partial charge in [-0.25, -0.2) is 0 Å². The van der Waals surface area contributed by atoms with Crippen molar-refractivity contribution in [2.75, 3.05) is 24.3 Å². The van der Waals surface area contributed by atoms with Crippen LogP contribution in [0.4, 0.5) is 5.69 Å². The normalized spacial score (nSPS) is 13.0. The van der Waals surface area contributed by atoms with Gasteiger partial charge in [-0.2, -0.15) is 0 Å². The van der Waals surface area contributed by atoms with Crippen LogP contribution in [-0.2, 0) is 17.0 Å². The lowest BCUT2D eigenvalue weighted by atomic mass is 10.2. The van der Waals surface area contributed by atoms with E-state index >= 15 is 0 Å². The predicted molar refractivity (Wildman–Crippen MR) is 99.4 cm³/mol. The average molecular weight is 392 g/mol. The van der Waals surface area contributed by atoms with E-state index in [1.54, 1.807) is 18.9 Å². The summed E-state index contributed by atoms with van der Waals surface area (Å²) in [5.41, 5.74) is 3.52. The van der Waals surface area contributed by atoms with Crippen LogP contribution in [0.1, 0.15) is 11.1 Å². The lowest BCUT2D eigenvalue weighted by Gasteiger charge is -2.17. The Kier molecular flexibility index (Phi) is 5.28. The smallest absolute Gasteiger partial charge is 0.237 e. The molecule has 3 rings (SSSR count). The van der Waals surface area contributed by atoms with E-state index in [2.05, 4.69) is 22.0 Å². The number of ether oxygens (including phenoxy) is 1. The van der Waals surface area contributed by atoms with E-state index in [0.717, 1.165) is 34.6 Å². The second kappa shape index (κ2) is 7.41. The molecule has 1 amide bonds. The summed E-state index contributed by atoms with van der Waals surface area (Å²) in [5, 5.41) is 0. The van der Waals surface area contributed by atoms with Gasteiger partial charge in [0.1, 0.15) is 5.75 Å². The summed E-state index contributed by atoms with van der Waals surface area (Å²) in [5.74, 6) is 2.32. The minimum absolute atomic E-state index is 0.188. The molecule has 2 aromatic carbocycles. The molecule has 0 unspecified atom stereocenters. The molecule has 0 saturated carbocycles. The summed E-state index contributed by atoms with van der Waals surface area (Å²) in [6.45, 7) is 0.798. The van der Waals surface area contributed by atoms with E-state index in [1.165, 1.54) is 11.1 Å². The SMILES string of the molecule is COc1ccc(CSCC(=O)N2CCc3ccccc32)cc1Br. The standard InChI is InChI=1S/C18H18BrNO2S/c1-22-17-7-6-13(10-15(17)19)11-23-12-18(21)20-9-8-14-4-2-3-5-16(14)20/h2-7,10H,8-9,11-12H2,1H3. The second-order valence-corrected chi connectivity index (χ2v) is 7.23. The zero-order valence-corrected chi connectivity index (χ0v) is 15.3. The Morgan fingerprint density at radius 1 is 1.30 bits per heavy atom. The zero-order chi connectivity index (χ0) is 16.2. The molecule has 120 valence electrons. The number of para-hydroxylation sites is 1. The molecule has 1 aliphatic heterocycles. The number of thioether (sulfide) groups is 1. The van der Waals surface area contributed by atoms with Crippen LogP contribution < -0.4 is 9.64 Å². The fourth-order valence-corrected chi connectivity index (χ4v) is 4.17. The predicted octanol–water partition coefficient (Wildman–Crippen LogP) is 4.28. The van der Waals surface area contributed by atoms with Crippen molar-refractivity contribution in [1.29, 1.82) is 0 Å². The molecule has 5 heteroatoms. The molecule has 23 heavy (non-hydrogen) atoms. The summed E-state index contributed by atoms with van der Waals surface area (Å²) in [6.07, 6.45) is 0.956. The molecule has 0 spiro atoms. The quantitative estimate of drug-likeness (QED) is 0.761. The fourth-order valence-electron chi connectivity index (χ4n) is 2.73. The maximum Gasteiger partial charge on any atom is 0.237 e. The highest BCUT2D eigenvalue weighted by Gasteiger charge is 2.23. The van der Waals surface area contributed by atoms with E-state index in [4.69, 9.17) is 4.74 Å². The van der Waals surface area contributed by atoms with Crippen molar-refractivity contribution in [1.82, 2.24) is 0 Å². The number of amides is 1. The van der Waals surface area contributed by atoms with Gasteiger partial charge in [-0.3, -0.25) is 4.79 Å². The number of nitrogens with zero attached hydrogens (tertiary/aromatic N) is 1. The highest BCUT2D eigenvalue weighted by molar-refractivity contribution is 9.10. The minimum atomic E-state index is 0.188. The van der Waals surface area contributed by atoms with Gasteiger partial charge in [0.15, 0.2) is 0 Å². The molecule has 1 aliphatic rings. The third-order valence-electron chi connectivity index (χ3n) is 3.90.